The molecule has 0 fully saturated rings. The van der Waals surface area contributed by atoms with Gasteiger partial charge in [0.05, 0.1) is 5.69 Å². The van der Waals surface area contributed by atoms with E-state index in [2.05, 4.69) is 124 Å². The van der Waals surface area contributed by atoms with Crippen LogP contribution < -0.4 is 9.80 Å². The molecule has 0 aliphatic carbocycles. The van der Waals surface area contributed by atoms with Crippen LogP contribution in [0.25, 0.3) is 11.1 Å². The van der Waals surface area contributed by atoms with Crippen LogP contribution in [0.5, 0.6) is 0 Å². The highest BCUT2D eigenvalue weighted by molar-refractivity contribution is 5.81. The third-order valence-electron chi connectivity index (χ3n) is 6.89. The van der Waals surface area contributed by atoms with Crippen molar-refractivity contribution in [2.45, 2.75) is 0 Å². The number of benzene rings is 6. The summed E-state index contributed by atoms with van der Waals surface area (Å²) < 4.78 is 0. The lowest BCUT2D eigenvalue weighted by atomic mass is 10.0. The Kier molecular flexibility index (Phi) is 7.48. The number of carbonyl (C=O) groups excluding carboxylic acids is 1. The van der Waals surface area contributed by atoms with E-state index in [0.29, 0.717) is 5.69 Å². The molecule has 0 unspecified atom stereocenters. The Morgan fingerprint density at radius 2 is 0.756 bits per heavy atom. The Bertz CT molecular complexity index is 1720. The Hall–Kier alpha value is -5.70. The van der Waals surface area contributed by atoms with Crippen molar-refractivity contribution >= 4 is 45.9 Å². The topological polar surface area (TPSA) is 35.9 Å². The van der Waals surface area contributed by atoms with Crippen LogP contribution in [0.1, 0.15) is 0 Å². The summed E-state index contributed by atoms with van der Waals surface area (Å²) in [6, 6.07) is 55.7. The van der Waals surface area contributed by atoms with Crippen LogP contribution in [0.4, 0.5) is 39.8 Å². The van der Waals surface area contributed by atoms with Gasteiger partial charge in [0.2, 0.25) is 6.08 Å². The maximum atomic E-state index is 10.9. The summed E-state index contributed by atoms with van der Waals surface area (Å²) in [6.45, 7) is 0. The van der Waals surface area contributed by atoms with Crippen molar-refractivity contribution in [1.29, 1.82) is 0 Å². The molecular formula is C37H27N3O. The second-order valence-corrected chi connectivity index (χ2v) is 9.49. The Morgan fingerprint density at radius 1 is 0.390 bits per heavy atom. The standard InChI is InChI=1S/C37H27N3O/c41-28-38-31-11-10-18-37(27-31)40(34-16-8-3-9-17-34)36-25-21-30(22-26-36)29-19-23-35(24-20-29)39(32-12-4-1-5-13-32)33-14-6-2-7-15-33/h1-27H. The zero-order valence-electron chi connectivity index (χ0n) is 22.3. The van der Waals surface area contributed by atoms with Gasteiger partial charge in [-0.1, -0.05) is 84.9 Å². The first-order chi connectivity index (χ1) is 20.3. The fraction of sp³-hybridized carbons (Fsp3) is 0. The fourth-order valence-corrected chi connectivity index (χ4v) is 4.99. The minimum Gasteiger partial charge on any atom is -0.311 e. The highest BCUT2D eigenvalue weighted by atomic mass is 16.1. The zero-order valence-corrected chi connectivity index (χ0v) is 22.3. The first-order valence-electron chi connectivity index (χ1n) is 13.4. The van der Waals surface area contributed by atoms with Crippen LogP contribution >= 0.6 is 0 Å². The van der Waals surface area contributed by atoms with Gasteiger partial charge in [-0.3, -0.25) is 0 Å². The van der Waals surface area contributed by atoms with Crippen molar-refractivity contribution in [1.82, 2.24) is 0 Å². The number of hydrogen-bond acceptors (Lipinski definition) is 4. The first-order valence-corrected chi connectivity index (χ1v) is 13.4. The molecule has 0 saturated heterocycles. The van der Waals surface area contributed by atoms with Gasteiger partial charge in [0.15, 0.2) is 0 Å². The molecule has 6 aromatic rings. The smallest absolute Gasteiger partial charge is 0.240 e. The molecule has 0 amide bonds. The van der Waals surface area contributed by atoms with Gasteiger partial charge in [0.1, 0.15) is 0 Å². The predicted octanol–water partition coefficient (Wildman–Crippen LogP) is 10.3. The van der Waals surface area contributed by atoms with E-state index in [9.17, 15) is 4.79 Å². The van der Waals surface area contributed by atoms with Crippen molar-refractivity contribution in [3.63, 3.8) is 0 Å². The number of aliphatic imine (C=N–C) groups is 1. The molecule has 0 saturated carbocycles. The summed E-state index contributed by atoms with van der Waals surface area (Å²) >= 11 is 0. The molecule has 196 valence electrons. The molecular weight excluding hydrogens is 502 g/mol. The molecule has 4 nitrogen and oxygen atoms in total. The van der Waals surface area contributed by atoms with Crippen LogP contribution in [0, 0.1) is 0 Å². The largest absolute Gasteiger partial charge is 0.311 e. The summed E-state index contributed by atoms with van der Waals surface area (Å²) in [5.74, 6) is 0. The predicted molar refractivity (Wildman–Crippen MR) is 169 cm³/mol. The number of nitrogens with zero attached hydrogens (tertiary/aromatic N) is 3. The lowest BCUT2D eigenvalue weighted by Gasteiger charge is -2.26. The molecule has 0 bridgehead atoms. The fourth-order valence-electron chi connectivity index (χ4n) is 4.99. The third kappa shape index (κ3) is 5.69. The average Bonchev–Trinajstić information content (AvgIpc) is 3.04. The van der Waals surface area contributed by atoms with Crippen LogP contribution in [0.15, 0.2) is 169 Å². The van der Waals surface area contributed by atoms with E-state index < -0.39 is 0 Å². The van der Waals surface area contributed by atoms with E-state index in [1.165, 1.54) is 0 Å². The van der Waals surface area contributed by atoms with E-state index in [-0.39, 0.29) is 0 Å². The second kappa shape index (κ2) is 12.0. The SMILES string of the molecule is O=C=Nc1cccc(N(c2ccccc2)c2ccc(-c3ccc(N(c4ccccc4)c4ccccc4)cc3)cc2)c1. The third-order valence-corrected chi connectivity index (χ3v) is 6.89. The van der Waals surface area contributed by atoms with Crippen LogP contribution in [-0.4, -0.2) is 6.08 Å². The number of para-hydroxylation sites is 3. The van der Waals surface area contributed by atoms with Crippen molar-refractivity contribution in [3.05, 3.63) is 164 Å². The summed E-state index contributed by atoms with van der Waals surface area (Å²) in [5, 5.41) is 0. The maximum absolute atomic E-state index is 10.9. The van der Waals surface area contributed by atoms with Gasteiger partial charge in [-0.05, 0) is 90.0 Å². The second-order valence-electron chi connectivity index (χ2n) is 9.49. The summed E-state index contributed by atoms with van der Waals surface area (Å²) in [6.07, 6.45) is 1.64. The molecule has 41 heavy (non-hydrogen) atoms. The van der Waals surface area contributed by atoms with Crippen LogP contribution in [-0.2, 0) is 4.79 Å². The van der Waals surface area contributed by atoms with Crippen molar-refractivity contribution in [3.8, 4) is 11.1 Å². The van der Waals surface area contributed by atoms with Gasteiger partial charge in [-0.15, -0.1) is 0 Å². The van der Waals surface area contributed by atoms with Gasteiger partial charge in [0.25, 0.3) is 0 Å². The summed E-state index contributed by atoms with van der Waals surface area (Å²) in [4.78, 5) is 19.1. The molecule has 0 radical (unpaired) electrons. The first kappa shape index (κ1) is 25.6. The number of anilines is 6. The monoisotopic (exact) mass is 529 g/mol. The molecule has 0 aliphatic rings. The Balaban J connectivity index is 1.32. The molecule has 0 spiro atoms. The quantitative estimate of drug-likeness (QED) is 0.145. The van der Waals surface area contributed by atoms with E-state index >= 15 is 0 Å². The van der Waals surface area contributed by atoms with Crippen molar-refractivity contribution < 1.29 is 4.79 Å². The van der Waals surface area contributed by atoms with E-state index in [0.717, 1.165) is 45.3 Å². The lowest BCUT2D eigenvalue weighted by Crippen LogP contribution is -2.09. The van der Waals surface area contributed by atoms with Gasteiger partial charge in [0, 0.05) is 34.1 Å². The molecule has 4 heteroatoms. The van der Waals surface area contributed by atoms with E-state index in [1.54, 1.807) is 12.1 Å². The minimum atomic E-state index is 0.565. The Morgan fingerprint density at radius 3 is 1.17 bits per heavy atom. The maximum Gasteiger partial charge on any atom is 0.240 e. The molecule has 6 aromatic carbocycles. The van der Waals surface area contributed by atoms with Gasteiger partial charge in [-0.25, -0.2) is 4.79 Å². The summed E-state index contributed by atoms with van der Waals surface area (Å²) in [7, 11) is 0. The average molecular weight is 530 g/mol. The zero-order chi connectivity index (χ0) is 27.9. The molecule has 0 aliphatic heterocycles. The number of rotatable bonds is 8. The van der Waals surface area contributed by atoms with Crippen molar-refractivity contribution in [2.75, 3.05) is 9.80 Å². The highest BCUT2D eigenvalue weighted by Crippen LogP contribution is 2.38. The molecule has 6 rings (SSSR count). The normalized spacial score (nSPS) is 10.4. The minimum absolute atomic E-state index is 0.565. The molecule has 0 heterocycles. The Labute approximate surface area is 240 Å². The van der Waals surface area contributed by atoms with Crippen LogP contribution in [0.3, 0.4) is 0 Å². The van der Waals surface area contributed by atoms with Gasteiger partial charge < -0.3 is 9.80 Å². The van der Waals surface area contributed by atoms with Crippen LogP contribution in [0.2, 0.25) is 0 Å². The van der Waals surface area contributed by atoms with Gasteiger partial charge in [-0.2, -0.15) is 4.99 Å². The number of isocyanates is 1. The van der Waals surface area contributed by atoms with Crippen molar-refractivity contribution in [2.24, 2.45) is 4.99 Å². The highest BCUT2D eigenvalue weighted by Gasteiger charge is 2.14. The lowest BCUT2D eigenvalue weighted by molar-refractivity contribution is 0.565. The van der Waals surface area contributed by atoms with E-state index in [4.69, 9.17) is 0 Å². The van der Waals surface area contributed by atoms with Gasteiger partial charge >= 0.3 is 0 Å². The molecule has 0 N–H and O–H groups in total. The summed E-state index contributed by atoms with van der Waals surface area (Å²) in [5.41, 5.74) is 9.06. The van der Waals surface area contributed by atoms with E-state index in [1.807, 2.05) is 48.5 Å². The molecule has 0 aromatic heterocycles. The number of hydrogen-bond donors (Lipinski definition) is 0. The molecule has 0 atom stereocenters.